The van der Waals surface area contributed by atoms with E-state index < -0.39 is 11.9 Å². The standard InChI is InChI=1S/C19H16N6O/c20-17(26)16(13-7-3-1-4-8-13)24-18-15-11-23-25(19(15)22-12-21-18)14-9-5-2-6-10-14/h1-12,16H,(H2,20,26)(H,21,22,24)/t16-/m0/s1. The van der Waals surface area contributed by atoms with E-state index in [0.29, 0.717) is 16.9 Å². The number of primary amides is 1. The maximum Gasteiger partial charge on any atom is 0.244 e. The summed E-state index contributed by atoms with van der Waals surface area (Å²) in [4.78, 5) is 20.6. The number of anilines is 1. The smallest absolute Gasteiger partial charge is 0.244 e. The number of para-hydroxylation sites is 1. The van der Waals surface area contributed by atoms with Crippen LogP contribution in [0.15, 0.2) is 73.2 Å². The maximum absolute atomic E-state index is 12.0. The minimum atomic E-state index is -0.700. The molecule has 128 valence electrons. The van der Waals surface area contributed by atoms with Crippen LogP contribution in [0, 0.1) is 0 Å². The first-order valence-corrected chi connectivity index (χ1v) is 8.09. The molecule has 4 aromatic rings. The summed E-state index contributed by atoms with van der Waals surface area (Å²) in [5, 5.41) is 8.24. The van der Waals surface area contributed by atoms with E-state index in [2.05, 4.69) is 20.4 Å². The molecule has 7 nitrogen and oxygen atoms in total. The molecular formula is C19H16N6O. The molecule has 1 amide bonds. The third-order valence-electron chi connectivity index (χ3n) is 4.07. The van der Waals surface area contributed by atoms with Gasteiger partial charge in [0, 0.05) is 0 Å². The number of nitrogens with two attached hydrogens (primary N) is 1. The van der Waals surface area contributed by atoms with Gasteiger partial charge in [0.25, 0.3) is 0 Å². The second kappa shape index (κ2) is 6.64. The highest BCUT2D eigenvalue weighted by Crippen LogP contribution is 2.25. The first kappa shape index (κ1) is 15.8. The van der Waals surface area contributed by atoms with Crippen LogP contribution in [0.3, 0.4) is 0 Å². The highest BCUT2D eigenvalue weighted by Gasteiger charge is 2.20. The lowest BCUT2D eigenvalue weighted by atomic mass is 10.1. The first-order chi connectivity index (χ1) is 12.7. The van der Waals surface area contributed by atoms with Crippen molar-refractivity contribution in [3.05, 3.63) is 78.8 Å². The molecule has 0 radical (unpaired) electrons. The summed E-state index contributed by atoms with van der Waals surface area (Å²) in [6.07, 6.45) is 3.11. The molecular weight excluding hydrogens is 328 g/mol. The van der Waals surface area contributed by atoms with Crippen LogP contribution in [0.4, 0.5) is 5.82 Å². The van der Waals surface area contributed by atoms with Gasteiger partial charge in [-0.05, 0) is 17.7 Å². The van der Waals surface area contributed by atoms with Crippen molar-refractivity contribution in [3.63, 3.8) is 0 Å². The molecule has 1 atom stereocenters. The molecule has 0 unspecified atom stereocenters. The summed E-state index contributed by atoms with van der Waals surface area (Å²) in [5.74, 6) is 0.0169. The van der Waals surface area contributed by atoms with Crippen molar-refractivity contribution in [1.29, 1.82) is 0 Å². The quantitative estimate of drug-likeness (QED) is 0.579. The molecule has 2 aromatic carbocycles. The van der Waals surface area contributed by atoms with E-state index in [1.807, 2.05) is 60.7 Å². The van der Waals surface area contributed by atoms with Gasteiger partial charge in [-0.15, -0.1) is 0 Å². The van der Waals surface area contributed by atoms with E-state index in [1.165, 1.54) is 6.33 Å². The Morgan fingerprint density at radius 2 is 1.69 bits per heavy atom. The fourth-order valence-corrected chi connectivity index (χ4v) is 2.82. The molecule has 0 saturated heterocycles. The highest BCUT2D eigenvalue weighted by molar-refractivity contribution is 5.91. The Balaban J connectivity index is 1.75. The van der Waals surface area contributed by atoms with Crippen LogP contribution in [-0.2, 0) is 4.79 Å². The summed E-state index contributed by atoms with van der Waals surface area (Å²) in [5.41, 5.74) is 7.89. The van der Waals surface area contributed by atoms with Crippen molar-refractivity contribution in [1.82, 2.24) is 19.7 Å². The minimum absolute atomic E-state index is 0.488. The molecule has 3 N–H and O–H groups in total. The van der Waals surface area contributed by atoms with Gasteiger partial charge in [0.1, 0.15) is 18.2 Å². The Bertz CT molecular complexity index is 1050. The average molecular weight is 344 g/mol. The zero-order valence-corrected chi connectivity index (χ0v) is 13.8. The topological polar surface area (TPSA) is 98.7 Å². The molecule has 7 heteroatoms. The lowest BCUT2D eigenvalue weighted by Gasteiger charge is -2.16. The van der Waals surface area contributed by atoms with E-state index in [1.54, 1.807) is 10.9 Å². The van der Waals surface area contributed by atoms with Gasteiger partial charge in [0.15, 0.2) is 5.65 Å². The van der Waals surface area contributed by atoms with Gasteiger partial charge in [-0.1, -0.05) is 48.5 Å². The highest BCUT2D eigenvalue weighted by atomic mass is 16.1. The van der Waals surface area contributed by atoms with Crippen molar-refractivity contribution in [2.45, 2.75) is 6.04 Å². The van der Waals surface area contributed by atoms with E-state index in [-0.39, 0.29) is 0 Å². The molecule has 0 bridgehead atoms. The molecule has 0 aliphatic heterocycles. The Kier molecular flexibility index (Phi) is 4.03. The van der Waals surface area contributed by atoms with Crippen LogP contribution < -0.4 is 11.1 Å². The SMILES string of the molecule is NC(=O)[C@@H](Nc1ncnc2c1cnn2-c1ccccc1)c1ccccc1. The van der Waals surface area contributed by atoms with Gasteiger partial charge < -0.3 is 11.1 Å². The van der Waals surface area contributed by atoms with Crippen LogP contribution in [0.25, 0.3) is 16.7 Å². The number of nitrogens with zero attached hydrogens (tertiary/aromatic N) is 4. The minimum Gasteiger partial charge on any atom is -0.368 e. The van der Waals surface area contributed by atoms with Crippen LogP contribution in [0.2, 0.25) is 0 Å². The lowest BCUT2D eigenvalue weighted by molar-refractivity contribution is -0.118. The maximum atomic E-state index is 12.0. The normalized spacial score (nSPS) is 12.0. The van der Waals surface area contributed by atoms with Crippen molar-refractivity contribution in [3.8, 4) is 5.69 Å². The Morgan fingerprint density at radius 3 is 2.38 bits per heavy atom. The van der Waals surface area contributed by atoms with E-state index in [0.717, 1.165) is 11.3 Å². The van der Waals surface area contributed by atoms with Crippen molar-refractivity contribution < 1.29 is 4.79 Å². The van der Waals surface area contributed by atoms with Crippen LogP contribution in [0.5, 0.6) is 0 Å². The molecule has 0 saturated carbocycles. The predicted molar refractivity (Wildman–Crippen MR) is 98.7 cm³/mol. The number of fused-ring (bicyclic) bond motifs is 1. The molecule has 0 fully saturated rings. The monoisotopic (exact) mass is 344 g/mol. The van der Waals surface area contributed by atoms with Crippen LogP contribution in [0.1, 0.15) is 11.6 Å². The van der Waals surface area contributed by atoms with Gasteiger partial charge in [-0.3, -0.25) is 4.79 Å². The molecule has 26 heavy (non-hydrogen) atoms. The fraction of sp³-hybridized carbons (Fsp3) is 0.0526. The largest absolute Gasteiger partial charge is 0.368 e. The number of hydrogen-bond acceptors (Lipinski definition) is 5. The summed E-state index contributed by atoms with van der Waals surface area (Å²) in [7, 11) is 0. The zero-order valence-electron chi connectivity index (χ0n) is 13.8. The van der Waals surface area contributed by atoms with E-state index in [9.17, 15) is 4.79 Å². The number of carbonyl (C=O) groups is 1. The number of hydrogen-bond donors (Lipinski definition) is 2. The lowest BCUT2D eigenvalue weighted by Crippen LogP contribution is -2.28. The molecule has 0 aliphatic rings. The van der Waals surface area contributed by atoms with E-state index in [4.69, 9.17) is 5.73 Å². The van der Waals surface area contributed by atoms with Crippen molar-refractivity contribution in [2.75, 3.05) is 5.32 Å². The molecule has 0 aliphatic carbocycles. The summed E-state index contributed by atoms with van der Waals surface area (Å²) in [6.45, 7) is 0. The Morgan fingerprint density at radius 1 is 1.00 bits per heavy atom. The third kappa shape index (κ3) is 2.86. The van der Waals surface area contributed by atoms with Crippen molar-refractivity contribution >= 4 is 22.8 Å². The number of benzene rings is 2. The molecule has 0 spiro atoms. The Hall–Kier alpha value is -3.74. The van der Waals surface area contributed by atoms with Gasteiger partial charge in [-0.2, -0.15) is 5.10 Å². The second-order valence-corrected chi connectivity index (χ2v) is 5.74. The van der Waals surface area contributed by atoms with Gasteiger partial charge >= 0.3 is 0 Å². The van der Waals surface area contributed by atoms with Crippen molar-refractivity contribution in [2.24, 2.45) is 5.73 Å². The molecule has 2 aromatic heterocycles. The van der Waals surface area contributed by atoms with Gasteiger partial charge in [-0.25, -0.2) is 14.6 Å². The van der Waals surface area contributed by atoms with Gasteiger partial charge in [0.2, 0.25) is 5.91 Å². The van der Waals surface area contributed by atoms with Crippen LogP contribution >= 0.6 is 0 Å². The zero-order chi connectivity index (χ0) is 17.9. The van der Waals surface area contributed by atoms with Crippen LogP contribution in [-0.4, -0.2) is 25.7 Å². The van der Waals surface area contributed by atoms with E-state index >= 15 is 0 Å². The number of amides is 1. The molecule has 2 heterocycles. The molecule has 4 rings (SSSR count). The summed E-state index contributed by atoms with van der Waals surface area (Å²) >= 11 is 0. The fourth-order valence-electron chi connectivity index (χ4n) is 2.82. The first-order valence-electron chi connectivity index (χ1n) is 8.09. The number of carbonyl (C=O) groups excluding carboxylic acids is 1. The predicted octanol–water partition coefficient (Wildman–Crippen LogP) is 2.45. The number of nitrogens with one attached hydrogen (secondary N) is 1. The Labute approximate surface area is 149 Å². The van der Waals surface area contributed by atoms with Gasteiger partial charge in [0.05, 0.1) is 17.3 Å². The number of rotatable bonds is 5. The average Bonchev–Trinajstić information content (AvgIpc) is 3.12. The third-order valence-corrected chi connectivity index (χ3v) is 4.07. The number of aromatic nitrogens is 4. The second-order valence-electron chi connectivity index (χ2n) is 5.74. The summed E-state index contributed by atoms with van der Waals surface area (Å²) in [6, 6.07) is 18.3. The summed E-state index contributed by atoms with van der Waals surface area (Å²) < 4.78 is 1.73.